The zero-order valence-corrected chi connectivity index (χ0v) is 10.1. The Kier molecular flexibility index (Phi) is 2.52. The third kappa shape index (κ3) is 1.85. The molecule has 0 unspecified atom stereocenters. The Morgan fingerprint density at radius 1 is 1.47 bits per heavy atom. The van der Waals surface area contributed by atoms with E-state index in [1.807, 2.05) is 17.6 Å². The van der Waals surface area contributed by atoms with E-state index in [2.05, 4.69) is 19.6 Å². The van der Waals surface area contributed by atoms with E-state index in [4.69, 9.17) is 5.11 Å². The summed E-state index contributed by atoms with van der Waals surface area (Å²) >= 11 is 0. The fraction of sp³-hybridized carbons (Fsp3) is 0.167. The van der Waals surface area contributed by atoms with E-state index in [0.717, 1.165) is 5.52 Å². The van der Waals surface area contributed by atoms with Crippen molar-refractivity contribution < 1.29 is 14.4 Å². The first-order chi connectivity index (χ1) is 9.16. The summed E-state index contributed by atoms with van der Waals surface area (Å²) in [4.78, 5) is 19.4. The number of rotatable bonds is 3. The molecule has 0 amide bonds. The molecule has 0 bridgehead atoms. The van der Waals surface area contributed by atoms with Gasteiger partial charge in [-0.05, 0) is 19.1 Å². The van der Waals surface area contributed by atoms with Crippen molar-refractivity contribution in [2.24, 2.45) is 0 Å². The lowest BCUT2D eigenvalue weighted by atomic mass is 10.2. The van der Waals surface area contributed by atoms with Crippen LogP contribution in [0.25, 0.3) is 11.0 Å². The zero-order chi connectivity index (χ0) is 13.4. The molecule has 3 aromatic rings. The lowest BCUT2D eigenvalue weighted by molar-refractivity contribution is 0.0699. The molecule has 1 N–H and O–H groups in total. The van der Waals surface area contributed by atoms with Crippen LogP contribution in [0.15, 0.2) is 29.1 Å². The molecular formula is C12H10N4O3. The first-order valence-electron chi connectivity index (χ1n) is 5.61. The number of aromatic carboxylic acids is 1. The number of aromatic nitrogens is 4. The molecule has 0 saturated carbocycles. The lowest BCUT2D eigenvalue weighted by Gasteiger charge is -2.03. The fourth-order valence-electron chi connectivity index (χ4n) is 2.04. The van der Waals surface area contributed by atoms with Crippen molar-refractivity contribution in [3.05, 3.63) is 41.8 Å². The Hall–Kier alpha value is -2.70. The van der Waals surface area contributed by atoms with Crippen LogP contribution >= 0.6 is 0 Å². The number of carbonyl (C=O) groups is 1. The van der Waals surface area contributed by atoms with Gasteiger partial charge in [-0.1, -0.05) is 11.2 Å². The first-order valence-corrected chi connectivity index (χ1v) is 5.61. The van der Waals surface area contributed by atoms with Gasteiger partial charge in [0, 0.05) is 0 Å². The van der Waals surface area contributed by atoms with Gasteiger partial charge in [-0.25, -0.2) is 9.78 Å². The molecule has 1 aromatic carbocycles. The monoisotopic (exact) mass is 258 g/mol. The molecule has 7 heteroatoms. The van der Waals surface area contributed by atoms with Gasteiger partial charge >= 0.3 is 5.97 Å². The highest BCUT2D eigenvalue weighted by molar-refractivity contribution is 6.01. The van der Waals surface area contributed by atoms with Crippen LogP contribution in [0.4, 0.5) is 0 Å². The van der Waals surface area contributed by atoms with Crippen LogP contribution < -0.4 is 0 Å². The van der Waals surface area contributed by atoms with Gasteiger partial charge < -0.3 is 14.2 Å². The van der Waals surface area contributed by atoms with E-state index in [1.165, 1.54) is 12.5 Å². The van der Waals surface area contributed by atoms with Crippen molar-refractivity contribution >= 4 is 17.0 Å². The topological polar surface area (TPSA) is 94.0 Å². The van der Waals surface area contributed by atoms with E-state index < -0.39 is 5.97 Å². The van der Waals surface area contributed by atoms with Crippen LogP contribution in [-0.2, 0) is 6.54 Å². The van der Waals surface area contributed by atoms with Crippen molar-refractivity contribution in [3.8, 4) is 0 Å². The maximum Gasteiger partial charge on any atom is 0.337 e. The summed E-state index contributed by atoms with van der Waals surface area (Å²) in [7, 11) is 0. The number of carboxylic acid groups (broad SMARTS) is 1. The maximum atomic E-state index is 11.2. The largest absolute Gasteiger partial charge is 0.478 e. The van der Waals surface area contributed by atoms with Gasteiger partial charge in [0.15, 0.2) is 5.82 Å². The summed E-state index contributed by atoms with van der Waals surface area (Å²) in [5.41, 5.74) is 1.39. The Morgan fingerprint density at radius 3 is 3.00 bits per heavy atom. The molecular weight excluding hydrogens is 248 g/mol. The van der Waals surface area contributed by atoms with Crippen LogP contribution in [0.3, 0.4) is 0 Å². The lowest BCUT2D eigenvalue weighted by Crippen LogP contribution is -2.03. The Morgan fingerprint density at radius 2 is 2.32 bits per heavy atom. The van der Waals surface area contributed by atoms with Gasteiger partial charge in [-0.3, -0.25) is 0 Å². The molecule has 0 aliphatic rings. The summed E-state index contributed by atoms with van der Waals surface area (Å²) in [6.45, 7) is 2.20. The summed E-state index contributed by atoms with van der Waals surface area (Å²) in [5, 5.41) is 12.9. The summed E-state index contributed by atoms with van der Waals surface area (Å²) in [5.74, 6) is 0.228. The van der Waals surface area contributed by atoms with Gasteiger partial charge in [0.1, 0.15) is 11.3 Å². The molecule has 2 heterocycles. The highest BCUT2D eigenvalue weighted by Crippen LogP contribution is 2.20. The standard InChI is InChI=1S/C12H10N4O3/c1-7-14-11-8(12(17)18)3-2-4-9(11)16(7)5-10-13-6-19-15-10/h2-4,6H,5H2,1H3,(H,17,18). The fourth-order valence-corrected chi connectivity index (χ4v) is 2.04. The Bertz CT molecular complexity index is 746. The van der Waals surface area contributed by atoms with Gasteiger partial charge in [0.05, 0.1) is 17.6 Å². The number of aryl methyl sites for hydroxylation is 1. The third-order valence-electron chi connectivity index (χ3n) is 2.91. The number of hydrogen-bond acceptors (Lipinski definition) is 5. The van der Waals surface area contributed by atoms with Crippen molar-refractivity contribution in [2.45, 2.75) is 13.5 Å². The zero-order valence-electron chi connectivity index (χ0n) is 10.1. The highest BCUT2D eigenvalue weighted by Gasteiger charge is 2.15. The average molecular weight is 258 g/mol. The minimum atomic E-state index is -0.991. The first kappa shape index (κ1) is 11.4. The Balaban J connectivity index is 2.17. The van der Waals surface area contributed by atoms with Crippen LogP contribution in [0.2, 0.25) is 0 Å². The maximum absolute atomic E-state index is 11.2. The summed E-state index contributed by atoms with van der Waals surface area (Å²) < 4.78 is 6.54. The van der Waals surface area contributed by atoms with Gasteiger partial charge in [0.2, 0.25) is 6.39 Å². The second-order valence-corrected chi connectivity index (χ2v) is 4.07. The normalized spacial score (nSPS) is 11.0. The molecule has 3 rings (SSSR count). The minimum Gasteiger partial charge on any atom is -0.478 e. The van der Waals surface area contributed by atoms with Crippen molar-refractivity contribution in [3.63, 3.8) is 0 Å². The smallest absolute Gasteiger partial charge is 0.337 e. The second-order valence-electron chi connectivity index (χ2n) is 4.07. The number of imidazole rings is 1. The van der Waals surface area contributed by atoms with Crippen LogP contribution in [0.5, 0.6) is 0 Å². The number of carboxylic acids is 1. The molecule has 96 valence electrons. The van der Waals surface area contributed by atoms with Crippen molar-refractivity contribution in [2.75, 3.05) is 0 Å². The minimum absolute atomic E-state index is 0.187. The molecule has 0 radical (unpaired) electrons. The Labute approximate surface area is 107 Å². The number of nitrogens with zero attached hydrogens (tertiary/aromatic N) is 4. The predicted molar refractivity (Wildman–Crippen MR) is 64.8 cm³/mol. The van der Waals surface area contributed by atoms with Gasteiger partial charge in [0.25, 0.3) is 0 Å². The van der Waals surface area contributed by atoms with Crippen LogP contribution in [0, 0.1) is 6.92 Å². The molecule has 0 atom stereocenters. The highest BCUT2D eigenvalue weighted by atomic mass is 16.5. The second kappa shape index (κ2) is 4.20. The molecule has 19 heavy (non-hydrogen) atoms. The molecule has 0 saturated heterocycles. The van der Waals surface area contributed by atoms with Crippen LogP contribution in [0.1, 0.15) is 22.0 Å². The summed E-state index contributed by atoms with van der Waals surface area (Å²) in [6.07, 6.45) is 1.26. The van der Waals surface area contributed by atoms with E-state index in [0.29, 0.717) is 23.7 Å². The quantitative estimate of drug-likeness (QED) is 0.764. The SMILES string of the molecule is Cc1nc2c(C(=O)O)cccc2n1Cc1ncon1. The molecule has 0 aliphatic heterocycles. The van der Waals surface area contributed by atoms with E-state index in [-0.39, 0.29) is 5.56 Å². The van der Waals surface area contributed by atoms with Crippen LogP contribution in [-0.4, -0.2) is 30.8 Å². The summed E-state index contributed by atoms with van der Waals surface area (Å²) in [6, 6.07) is 5.05. The van der Waals surface area contributed by atoms with E-state index in [1.54, 1.807) is 6.07 Å². The third-order valence-corrected chi connectivity index (χ3v) is 2.91. The average Bonchev–Trinajstić information content (AvgIpc) is 2.98. The van der Waals surface area contributed by atoms with Gasteiger partial charge in [-0.15, -0.1) is 0 Å². The van der Waals surface area contributed by atoms with E-state index in [9.17, 15) is 4.79 Å². The van der Waals surface area contributed by atoms with Gasteiger partial charge in [-0.2, -0.15) is 4.98 Å². The molecule has 7 nitrogen and oxygen atoms in total. The molecule has 2 aromatic heterocycles. The molecule has 0 fully saturated rings. The van der Waals surface area contributed by atoms with Crippen molar-refractivity contribution in [1.82, 2.24) is 19.7 Å². The number of fused-ring (bicyclic) bond motifs is 1. The molecule has 0 spiro atoms. The number of para-hydroxylation sites is 1. The molecule has 0 aliphatic carbocycles. The number of hydrogen-bond donors (Lipinski definition) is 1. The number of benzene rings is 1. The van der Waals surface area contributed by atoms with E-state index >= 15 is 0 Å². The predicted octanol–water partition coefficient (Wildman–Crippen LogP) is 1.47. The van der Waals surface area contributed by atoms with Crippen molar-refractivity contribution in [1.29, 1.82) is 0 Å².